The molecule has 1 aromatic carbocycles. The summed E-state index contributed by atoms with van der Waals surface area (Å²) in [5.41, 5.74) is 11.2. The van der Waals surface area contributed by atoms with Gasteiger partial charge in [-0.3, -0.25) is 4.79 Å². The van der Waals surface area contributed by atoms with E-state index < -0.39 is 0 Å². The number of rotatable bonds is 4. The molecule has 0 spiro atoms. The number of fused-ring (bicyclic) bond motifs is 1. The third kappa shape index (κ3) is 3.05. The fourth-order valence-electron chi connectivity index (χ4n) is 4.22. The molecule has 2 aliphatic rings. The fourth-order valence-corrected chi connectivity index (χ4v) is 4.22. The lowest BCUT2D eigenvalue weighted by Gasteiger charge is -2.31. The first-order chi connectivity index (χ1) is 12.7. The monoisotopic (exact) mass is 352 g/mol. The van der Waals surface area contributed by atoms with Crippen LogP contribution in [0, 0.1) is 5.92 Å². The van der Waals surface area contributed by atoms with E-state index in [0.29, 0.717) is 11.6 Å². The topological polar surface area (TPSA) is 64.2 Å². The Morgan fingerprint density at radius 2 is 1.92 bits per heavy atom. The molecule has 0 bridgehead atoms. The molecule has 0 unspecified atom stereocenters. The molecular weight excluding hydrogens is 324 g/mol. The van der Waals surface area contributed by atoms with Gasteiger partial charge >= 0.3 is 0 Å². The first kappa shape index (κ1) is 17.3. The highest BCUT2D eigenvalue weighted by Gasteiger charge is 2.31. The second-order valence-corrected chi connectivity index (χ2v) is 7.53. The van der Waals surface area contributed by atoms with Gasteiger partial charge in [0.05, 0.1) is 5.69 Å². The average molecular weight is 352 g/mol. The molecule has 0 saturated carbocycles. The van der Waals surface area contributed by atoms with Gasteiger partial charge in [-0.1, -0.05) is 19.1 Å². The number of hydrogen-bond acceptors (Lipinski definition) is 3. The zero-order valence-electron chi connectivity index (χ0n) is 15.6. The van der Waals surface area contributed by atoms with Crippen molar-refractivity contribution in [1.82, 2.24) is 14.7 Å². The molecule has 2 heterocycles. The van der Waals surface area contributed by atoms with Crippen LogP contribution in [0.1, 0.15) is 53.5 Å². The lowest BCUT2D eigenvalue weighted by Crippen LogP contribution is -2.40. The minimum atomic E-state index is 0.0996. The van der Waals surface area contributed by atoms with E-state index in [1.54, 1.807) is 0 Å². The highest BCUT2D eigenvalue weighted by molar-refractivity contribution is 5.94. The minimum absolute atomic E-state index is 0.0996. The summed E-state index contributed by atoms with van der Waals surface area (Å²) in [6.45, 7) is 4.48. The van der Waals surface area contributed by atoms with Crippen molar-refractivity contribution in [1.29, 1.82) is 0 Å². The van der Waals surface area contributed by atoms with Crippen LogP contribution < -0.4 is 5.73 Å². The van der Waals surface area contributed by atoms with Crippen LogP contribution in [0.25, 0.3) is 5.69 Å². The molecule has 4 rings (SSSR count). The van der Waals surface area contributed by atoms with E-state index in [2.05, 4.69) is 31.2 Å². The van der Waals surface area contributed by atoms with Crippen molar-refractivity contribution in [2.75, 3.05) is 19.6 Å². The maximum absolute atomic E-state index is 13.1. The van der Waals surface area contributed by atoms with Crippen molar-refractivity contribution < 1.29 is 4.79 Å². The maximum atomic E-state index is 13.1. The van der Waals surface area contributed by atoms with Gasteiger partial charge in [0.1, 0.15) is 0 Å². The molecule has 0 atom stereocenters. The van der Waals surface area contributed by atoms with Gasteiger partial charge in [-0.25, -0.2) is 4.68 Å². The molecule has 1 saturated heterocycles. The number of benzene rings is 1. The summed E-state index contributed by atoms with van der Waals surface area (Å²) in [5.74, 6) is 0.655. The van der Waals surface area contributed by atoms with Crippen LogP contribution in [0.5, 0.6) is 0 Å². The summed E-state index contributed by atoms with van der Waals surface area (Å²) in [7, 11) is 0. The maximum Gasteiger partial charge on any atom is 0.274 e. The Kier molecular flexibility index (Phi) is 4.81. The van der Waals surface area contributed by atoms with Crippen molar-refractivity contribution in [3.8, 4) is 5.69 Å². The van der Waals surface area contributed by atoms with Crippen molar-refractivity contribution in [3.05, 3.63) is 46.8 Å². The van der Waals surface area contributed by atoms with Gasteiger partial charge in [0.15, 0.2) is 5.69 Å². The van der Waals surface area contributed by atoms with Crippen molar-refractivity contribution >= 4 is 5.91 Å². The molecular formula is C21H28N4O. The Morgan fingerprint density at radius 1 is 1.19 bits per heavy atom. The molecule has 1 amide bonds. The second-order valence-electron chi connectivity index (χ2n) is 7.53. The van der Waals surface area contributed by atoms with Crippen LogP contribution in [-0.4, -0.2) is 40.2 Å². The van der Waals surface area contributed by atoms with Crippen LogP contribution in [0.4, 0.5) is 0 Å². The Balaban J connectivity index is 1.62. The third-order valence-electron chi connectivity index (χ3n) is 5.96. The summed E-state index contributed by atoms with van der Waals surface area (Å²) in [6.07, 6.45) is 6.10. The van der Waals surface area contributed by atoms with Crippen LogP contribution >= 0.6 is 0 Å². The minimum Gasteiger partial charge on any atom is -0.337 e. The molecule has 5 heteroatoms. The van der Waals surface area contributed by atoms with Crippen LogP contribution in [0.2, 0.25) is 0 Å². The number of aromatic nitrogens is 2. The second kappa shape index (κ2) is 7.23. The molecule has 2 aromatic rings. The molecule has 1 aliphatic carbocycles. The molecule has 138 valence electrons. The molecule has 2 N–H and O–H groups in total. The normalized spacial score (nSPS) is 17.5. The summed E-state index contributed by atoms with van der Waals surface area (Å²) >= 11 is 0. The first-order valence-corrected chi connectivity index (χ1v) is 9.90. The van der Waals surface area contributed by atoms with Gasteiger partial charge < -0.3 is 10.6 Å². The first-order valence-electron chi connectivity index (χ1n) is 9.90. The highest BCUT2D eigenvalue weighted by Crippen LogP contribution is 2.29. The Morgan fingerprint density at radius 3 is 2.58 bits per heavy atom. The van der Waals surface area contributed by atoms with E-state index >= 15 is 0 Å². The fraction of sp³-hybridized carbons (Fsp3) is 0.524. The zero-order valence-corrected chi connectivity index (χ0v) is 15.6. The van der Waals surface area contributed by atoms with E-state index in [4.69, 9.17) is 10.8 Å². The van der Waals surface area contributed by atoms with Crippen molar-refractivity contribution in [3.63, 3.8) is 0 Å². The SMILES string of the molecule is CCc1ccc(-n2nc(C(=O)N3CCC(CN)CC3)c3c2CCC3)cc1. The summed E-state index contributed by atoms with van der Waals surface area (Å²) in [4.78, 5) is 15.1. The van der Waals surface area contributed by atoms with Crippen molar-refractivity contribution in [2.24, 2.45) is 11.7 Å². The lowest BCUT2D eigenvalue weighted by molar-refractivity contribution is 0.0686. The van der Waals surface area contributed by atoms with Crippen LogP contribution in [0.3, 0.4) is 0 Å². The van der Waals surface area contributed by atoms with Gasteiger partial charge in [-0.15, -0.1) is 0 Å². The number of hydrogen-bond donors (Lipinski definition) is 1. The zero-order chi connectivity index (χ0) is 18.1. The Labute approximate surface area is 155 Å². The van der Waals surface area contributed by atoms with E-state index in [9.17, 15) is 4.79 Å². The van der Waals surface area contributed by atoms with Crippen molar-refractivity contribution in [2.45, 2.75) is 45.4 Å². The number of carbonyl (C=O) groups excluding carboxylic acids is 1. The van der Waals surface area contributed by atoms with Gasteiger partial charge in [-0.05, 0) is 68.7 Å². The molecule has 1 aromatic heterocycles. The smallest absolute Gasteiger partial charge is 0.274 e. The predicted molar refractivity (Wildman–Crippen MR) is 103 cm³/mol. The predicted octanol–water partition coefficient (Wildman–Crippen LogP) is 2.73. The van der Waals surface area contributed by atoms with E-state index in [1.165, 1.54) is 11.3 Å². The Hall–Kier alpha value is -2.14. The Bertz CT molecular complexity index is 785. The number of likely N-dealkylation sites (tertiary alicyclic amines) is 1. The third-order valence-corrected chi connectivity index (χ3v) is 5.96. The average Bonchev–Trinajstić information content (AvgIpc) is 3.30. The molecule has 5 nitrogen and oxygen atoms in total. The van der Waals surface area contributed by atoms with Gasteiger partial charge in [0.25, 0.3) is 5.91 Å². The number of nitrogens with zero attached hydrogens (tertiary/aromatic N) is 3. The van der Waals surface area contributed by atoms with E-state index in [-0.39, 0.29) is 5.91 Å². The summed E-state index contributed by atoms with van der Waals surface area (Å²) < 4.78 is 2.00. The largest absolute Gasteiger partial charge is 0.337 e. The lowest BCUT2D eigenvalue weighted by atomic mass is 9.97. The number of piperidine rings is 1. The van der Waals surface area contributed by atoms with Gasteiger partial charge in [-0.2, -0.15) is 5.10 Å². The number of amides is 1. The molecule has 1 aliphatic heterocycles. The number of aryl methyl sites for hydroxylation is 1. The van der Waals surface area contributed by atoms with E-state index in [0.717, 1.165) is 69.4 Å². The molecule has 0 radical (unpaired) electrons. The van der Waals surface area contributed by atoms with Gasteiger partial charge in [0.2, 0.25) is 0 Å². The quantitative estimate of drug-likeness (QED) is 0.920. The summed E-state index contributed by atoms with van der Waals surface area (Å²) in [6, 6.07) is 8.53. The number of nitrogens with two attached hydrogens (primary N) is 1. The van der Waals surface area contributed by atoms with E-state index in [1.807, 2.05) is 9.58 Å². The number of carbonyl (C=O) groups is 1. The molecule has 26 heavy (non-hydrogen) atoms. The molecule has 1 fully saturated rings. The van der Waals surface area contributed by atoms with Crippen LogP contribution in [0.15, 0.2) is 24.3 Å². The summed E-state index contributed by atoms with van der Waals surface area (Å²) in [5, 5.41) is 4.77. The van der Waals surface area contributed by atoms with Crippen LogP contribution in [-0.2, 0) is 19.3 Å². The standard InChI is InChI=1S/C21H28N4O/c1-2-15-6-8-17(9-7-15)25-19-5-3-4-18(19)20(23-25)21(26)24-12-10-16(14-22)11-13-24/h6-9,16H,2-5,10-14,22H2,1H3. The van der Waals surface area contributed by atoms with Gasteiger partial charge in [0, 0.05) is 24.3 Å². The highest BCUT2D eigenvalue weighted by atomic mass is 16.2.